The van der Waals surface area contributed by atoms with Crippen LogP contribution < -0.4 is 56.8 Å². The monoisotopic (exact) mass is 286 g/mol. The molecule has 2 aromatic carbocycles. The summed E-state index contributed by atoms with van der Waals surface area (Å²) in [6.07, 6.45) is 0. The maximum absolute atomic E-state index is 12.7. The van der Waals surface area contributed by atoms with E-state index in [9.17, 15) is 17.7 Å². The molecule has 0 amide bonds. The van der Waals surface area contributed by atoms with Crippen LogP contribution in [0.2, 0.25) is 0 Å². The first-order chi connectivity index (χ1) is 8.48. The Bertz CT molecular complexity index is 667. The quantitative estimate of drug-likeness (QED) is 0.574. The van der Waals surface area contributed by atoms with Crippen LogP contribution in [0.1, 0.15) is 15.9 Å². The van der Waals surface area contributed by atoms with E-state index in [-0.39, 0.29) is 62.7 Å². The third-order valence-corrected chi connectivity index (χ3v) is 3.13. The number of ketones is 1. The van der Waals surface area contributed by atoms with Crippen LogP contribution in [-0.2, 0) is 0 Å². The average molecular weight is 286 g/mol. The van der Waals surface area contributed by atoms with Gasteiger partial charge in [-0.1, -0.05) is 42.5 Å². The van der Waals surface area contributed by atoms with Crippen LogP contribution in [0, 0.1) is 0 Å². The Morgan fingerprint density at radius 3 is 2.00 bits per heavy atom. The maximum Gasteiger partial charge on any atom is 1.00 e. The molecule has 1 nitrogen and oxygen atoms in total. The number of benzene rings is 2. The molecule has 0 aromatic heterocycles. The summed E-state index contributed by atoms with van der Waals surface area (Å²) in [5.41, 5.74) is 1.18. The molecule has 90 valence electrons. The van der Waals surface area contributed by atoms with Gasteiger partial charge in [0.2, 0.25) is 0 Å². The van der Waals surface area contributed by atoms with Gasteiger partial charge in [0.15, 0.2) is 5.78 Å². The second-order valence-corrected chi connectivity index (χ2v) is 4.25. The third-order valence-electron chi connectivity index (χ3n) is 3.13. The number of halogens is 3. The molecule has 19 heavy (non-hydrogen) atoms. The van der Waals surface area contributed by atoms with E-state index in [0.717, 1.165) is 12.1 Å². The molecule has 1 aliphatic rings. The predicted molar refractivity (Wildman–Crippen MR) is 64.0 cm³/mol. The van der Waals surface area contributed by atoms with Gasteiger partial charge >= 0.3 is 58.4 Å². The minimum Gasteiger partial charge on any atom is -0.445 e. The largest absolute Gasteiger partial charge is 1.00 e. The first kappa shape index (κ1) is 15.0. The number of carbonyl (C=O) groups is 1. The average Bonchev–Trinajstić information content (AvgIpc) is 2.63. The van der Waals surface area contributed by atoms with Crippen molar-refractivity contribution in [2.24, 2.45) is 0 Å². The van der Waals surface area contributed by atoms with Crippen LogP contribution in [0.25, 0.3) is 11.1 Å². The Morgan fingerprint density at radius 2 is 1.37 bits per heavy atom. The molecule has 0 heterocycles. The predicted octanol–water partition coefficient (Wildman–Crippen LogP) is -0.0436. The fourth-order valence-electron chi connectivity index (χ4n) is 2.25. The standard InChI is InChI=1S/C13H7BF3O.K/c15-14(16,17)8-5-6-10-9-3-1-2-4-11(9)13(18)12(10)7-8;/h1-7H;/q-1;+1. The zero-order chi connectivity index (χ0) is 12.9. The topological polar surface area (TPSA) is 17.1 Å². The van der Waals surface area contributed by atoms with Crippen molar-refractivity contribution in [2.75, 3.05) is 0 Å². The van der Waals surface area contributed by atoms with Gasteiger partial charge in [-0.05, 0) is 11.1 Å². The van der Waals surface area contributed by atoms with Crippen LogP contribution in [-0.4, -0.2) is 12.8 Å². The van der Waals surface area contributed by atoms with Crippen LogP contribution in [0.5, 0.6) is 0 Å². The van der Waals surface area contributed by atoms with Gasteiger partial charge in [-0.25, -0.2) is 0 Å². The van der Waals surface area contributed by atoms with E-state index in [1.54, 1.807) is 24.3 Å². The molecule has 0 fully saturated rings. The molecule has 1 aliphatic carbocycles. The smallest absolute Gasteiger partial charge is 0.445 e. The summed E-state index contributed by atoms with van der Waals surface area (Å²) in [6.45, 7) is -5.07. The van der Waals surface area contributed by atoms with Crippen molar-refractivity contribution in [2.45, 2.75) is 0 Å². The molecular weight excluding hydrogens is 279 g/mol. The van der Waals surface area contributed by atoms with Gasteiger partial charge < -0.3 is 12.9 Å². The Kier molecular flexibility index (Phi) is 4.09. The summed E-state index contributed by atoms with van der Waals surface area (Å²) in [5, 5.41) is 0. The molecule has 0 atom stereocenters. The number of hydrogen-bond donors (Lipinski definition) is 0. The molecule has 2 aromatic rings. The fourth-order valence-corrected chi connectivity index (χ4v) is 2.25. The van der Waals surface area contributed by atoms with Crippen LogP contribution in [0.3, 0.4) is 0 Å². The summed E-state index contributed by atoms with van der Waals surface area (Å²) in [6, 6.07) is 10.2. The van der Waals surface area contributed by atoms with Crippen LogP contribution in [0.15, 0.2) is 42.5 Å². The van der Waals surface area contributed by atoms with Crippen molar-refractivity contribution in [1.29, 1.82) is 0 Å². The van der Waals surface area contributed by atoms with Gasteiger partial charge in [0.25, 0.3) is 0 Å². The molecule has 0 radical (unpaired) electrons. The Balaban J connectivity index is 0.00000133. The summed E-state index contributed by atoms with van der Waals surface area (Å²) in [5.74, 6) is -0.331. The van der Waals surface area contributed by atoms with Crippen molar-refractivity contribution in [3.8, 4) is 11.1 Å². The minimum atomic E-state index is -5.07. The van der Waals surface area contributed by atoms with Crippen molar-refractivity contribution >= 4 is 18.2 Å². The zero-order valence-corrected chi connectivity index (χ0v) is 13.3. The number of rotatable bonds is 1. The zero-order valence-electron chi connectivity index (χ0n) is 10.2. The summed E-state index contributed by atoms with van der Waals surface area (Å²) < 4.78 is 38.0. The van der Waals surface area contributed by atoms with Crippen LogP contribution >= 0.6 is 0 Å². The molecule has 0 bridgehead atoms. The Hall–Kier alpha value is -0.399. The van der Waals surface area contributed by atoms with E-state index in [1.165, 1.54) is 6.07 Å². The first-order valence-electron chi connectivity index (χ1n) is 5.46. The third kappa shape index (κ3) is 2.48. The van der Waals surface area contributed by atoms with Gasteiger partial charge in [-0.2, -0.15) is 0 Å². The van der Waals surface area contributed by atoms with Crippen molar-refractivity contribution < 1.29 is 69.1 Å². The van der Waals surface area contributed by atoms with Crippen molar-refractivity contribution in [3.63, 3.8) is 0 Å². The molecule has 6 heteroatoms. The van der Waals surface area contributed by atoms with Gasteiger partial charge in [0.05, 0.1) is 0 Å². The molecule has 0 N–H and O–H groups in total. The molecular formula is C13H7BF3KO. The van der Waals surface area contributed by atoms with Gasteiger partial charge in [0.1, 0.15) is 0 Å². The Labute approximate surface area is 150 Å². The van der Waals surface area contributed by atoms with E-state index < -0.39 is 12.4 Å². The molecule has 0 saturated carbocycles. The summed E-state index contributed by atoms with van der Waals surface area (Å²) >= 11 is 0. The Morgan fingerprint density at radius 1 is 0.789 bits per heavy atom. The number of carbonyl (C=O) groups excluding carboxylic acids is 1. The second-order valence-electron chi connectivity index (χ2n) is 4.25. The van der Waals surface area contributed by atoms with Crippen molar-refractivity contribution in [3.05, 3.63) is 53.6 Å². The van der Waals surface area contributed by atoms with Gasteiger partial charge in [0, 0.05) is 11.1 Å². The molecule has 0 unspecified atom stereocenters. The van der Waals surface area contributed by atoms with Gasteiger partial charge in [-0.15, -0.1) is 5.46 Å². The van der Waals surface area contributed by atoms with E-state index in [4.69, 9.17) is 0 Å². The van der Waals surface area contributed by atoms with Crippen molar-refractivity contribution in [1.82, 2.24) is 0 Å². The molecule has 0 spiro atoms. The summed E-state index contributed by atoms with van der Waals surface area (Å²) in [4.78, 5) is 12.0. The number of fused-ring (bicyclic) bond motifs is 3. The second kappa shape index (κ2) is 5.18. The van der Waals surface area contributed by atoms with E-state index in [1.807, 2.05) is 0 Å². The normalized spacial score (nSPS) is 12.7. The molecule has 0 aliphatic heterocycles. The van der Waals surface area contributed by atoms with E-state index in [2.05, 4.69) is 0 Å². The minimum absolute atomic E-state index is 0. The molecule has 3 rings (SSSR count). The maximum atomic E-state index is 12.7. The SMILES string of the molecule is O=C1c2ccccc2-c2ccc([B-](F)(F)F)cc21.[K+]. The van der Waals surface area contributed by atoms with E-state index >= 15 is 0 Å². The molecule has 0 saturated heterocycles. The van der Waals surface area contributed by atoms with Crippen LogP contribution in [0.4, 0.5) is 12.9 Å². The van der Waals surface area contributed by atoms with E-state index in [0.29, 0.717) is 16.7 Å². The first-order valence-corrected chi connectivity index (χ1v) is 5.46. The summed E-state index contributed by atoms with van der Waals surface area (Å²) in [7, 11) is 0. The van der Waals surface area contributed by atoms with Gasteiger partial charge in [-0.3, -0.25) is 4.79 Å². The number of hydrogen-bond acceptors (Lipinski definition) is 1. The fraction of sp³-hybridized carbons (Fsp3) is 0.